The van der Waals surface area contributed by atoms with Crippen LogP contribution in [-0.4, -0.2) is 16.8 Å². The van der Waals surface area contributed by atoms with Crippen molar-refractivity contribution in [1.29, 1.82) is 0 Å². The van der Waals surface area contributed by atoms with Crippen molar-refractivity contribution in [1.82, 2.24) is 4.72 Å². The van der Waals surface area contributed by atoms with Crippen LogP contribution in [0.3, 0.4) is 0 Å². The molecule has 0 heterocycles. The third kappa shape index (κ3) is 3.67. The Labute approximate surface area is 141 Å². The Kier molecular flexibility index (Phi) is 4.48. The van der Waals surface area contributed by atoms with E-state index >= 15 is 0 Å². The zero-order valence-electron chi connectivity index (χ0n) is 12.9. The fourth-order valence-corrected chi connectivity index (χ4v) is 4.36. The molecule has 0 atom stereocenters. The Hall–Kier alpha value is -1.74. The summed E-state index contributed by atoms with van der Waals surface area (Å²) in [6.45, 7) is 0.0737. The summed E-state index contributed by atoms with van der Waals surface area (Å²) in [7, 11) is -7.36. The minimum absolute atomic E-state index is 0.00673. The maximum absolute atomic E-state index is 12.4. The van der Waals surface area contributed by atoms with E-state index in [4.69, 9.17) is 5.14 Å². The van der Waals surface area contributed by atoms with E-state index in [0.29, 0.717) is 5.56 Å². The van der Waals surface area contributed by atoms with Crippen LogP contribution in [-0.2, 0) is 39.4 Å². The van der Waals surface area contributed by atoms with Crippen molar-refractivity contribution in [2.75, 3.05) is 0 Å². The first-order valence-electron chi connectivity index (χ1n) is 7.49. The van der Waals surface area contributed by atoms with Crippen LogP contribution in [0.15, 0.2) is 52.3 Å². The van der Waals surface area contributed by atoms with Crippen molar-refractivity contribution in [2.45, 2.75) is 35.6 Å². The third-order valence-corrected chi connectivity index (χ3v) is 6.43. The summed E-state index contributed by atoms with van der Waals surface area (Å²) in [4.78, 5) is 0.247. The number of benzene rings is 2. The van der Waals surface area contributed by atoms with Gasteiger partial charge in [-0.3, -0.25) is 0 Å². The van der Waals surface area contributed by atoms with E-state index in [-0.39, 0.29) is 16.3 Å². The van der Waals surface area contributed by atoms with Gasteiger partial charge in [0, 0.05) is 6.54 Å². The van der Waals surface area contributed by atoms with Crippen LogP contribution in [0.25, 0.3) is 0 Å². The molecule has 24 heavy (non-hydrogen) atoms. The predicted molar refractivity (Wildman–Crippen MR) is 90.3 cm³/mol. The first kappa shape index (κ1) is 17.1. The number of hydrogen-bond acceptors (Lipinski definition) is 4. The molecule has 0 aromatic heterocycles. The Morgan fingerprint density at radius 2 is 1.50 bits per heavy atom. The number of sulfonamides is 2. The number of hydrogen-bond donors (Lipinski definition) is 2. The second kappa shape index (κ2) is 6.29. The number of aryl methyl sites for hydroxylation is 2. The molecule has 0 amide bonds. The molecule has 3 rings (SSSR count). The summed E-state index contributed by atoms with van der Waals surface area (Å²) in [5.41, 5.74) is 2.95. The Morgan fingerprint density at radius 3 is 2.17 bits per heavy atom. The maximum Gasteiger partial charge on any atom is 0.240 e. The fraction of sp³-hybridized carbons (Fsp3) is 0.250. The molecule has 128 valence electrons. The zero-order chi connectivity index (χ0) is 17.4. The van der Waals surface area contributed by atoms with E-state index < -0.39 is 20.0 Å². The van der Waals surface area contributed by atoms with Crippen LogP contribution < -0.4 is 9.86 Å². The van der Waals surface area contributed by atoms with E-state index in [1.165, 1.54) is 29.8 Å². The van der Waals surface area contributed by atoms with Gasteiger partial charge in [0.1, 0.15) is 0 Å². The summed E-state index contributed by atoms with van der Waals surface area (Å²) in [6, 6.07) is 11.0. The van der Waals surface area contributed by atoms with Crippen LogP contribution in [0.5, 0.6) is 0 Å². The highest BCUT2D eigenvalue weighted by molar-refractivity contribution is 7.89. The molecule has 0 saturated heterocycles. The SMILES string of the molecule is NS(=O)(=O)c1ccc(CNS(=O)(=O)c2ccc3c(c2)CCC3)cc1. The smallest absolute Gasteiger partial charge is 0.225 e. The molecule has 3 N–H and O–H groups in total. The molecular formula is C16H18N2O4S2. The van der Waals surface area contributed by atoms with Crippen LogP contribution in [0, 0.1) is 0 Å². The predicted octanol–water partition coefficient (Wildman–Crippen LogP) is 1.30. The molecule has 1 aliphatic carbocycles. The average molecular weight is 366 g/mol. The van der Waals surface area contributed by atoms with Gasteiger partial charge < -0.3 is 0 Å². The normalized spacial score (nSPS) is 14.5. The van der Waals surface area contributed by atoms with Crippen LogP contribution >= 0.6 is 0 Å². The van der Waals surface area contributed by atoms with E-state index in [1.807, 2.05) is 6.07 Å². The van der Waals surface area contributed by atoms with E-state index in [2.05, 4.69) is 4.72 Å². The van der Waals surface area contributed by atoms with E-state index in [1.54, 1.807) is 12.1 Å². The summed E-state index contributed by atoms with van der Waals surface area (Å²) in [5.74, 6) is 0. The van der Waals surface area contributed by atoms with Crippen molar-refractivity contribution in [3.63, 3.8) is 0 Å². The number of rotatable bonds is 5. The molecule has 0 aliphatic heterocycles. The van der Waals surface area contributed by atoms with Crippen molar-refractivity contribution >= 4 is 20.0 Å². The monoisotopic (exact) mass is 366 g/mol. The van der Waals surface area contributed by atoms with Crippen LogP contribution in [0.1, 0.15) is 23.1 Å². The molecular weight excluding hydrogens is 348 g/mol. The average Bonchev–Trinajstić information content (AvgIpc) is 3.00. The van der Waals surface area contributed by atoms with E-state index in [9.17, 15) is 16.8 Å². The lowest BCUT2D eigenvalue weighted by Crippen LogP contribution is -2.23. The number of nitrogens with one attached hydrogen (secondary N) is 1. The van der Waals surface area contributed by atoms with Gasteiger partial charge in [0.2, 0.25) is 20.0 Å². The van der Waals surface area contributed by atoms with Crippen LogP contribution in [0.4, 0.5) is 0 Å². The Balaban J connectivity index is 1.73. The van der Waals surface area contributed by atoms with Crippen molar-refractivity contribution in [3.8, 4) is 0 Å². The molecule has 1 aliphatic rings. The highest BCUT2D eigenvalue weighted by Crippen LogP contribution is 2.24. The molecule has 6 nitrogen and oxygen atoms in total. The van der Waals surface area contributed by atoms with Gasteiger partial charge >= 0.3 is 0 Å². The number of nitrogens with two attached hydrogens (primary N) is 1. The zero-order valence-corrected chi connectivity index (χ0v) is 14.5. The van der Waals surface area contributed by atoms with Gasteiger partial charge in [-0.25, -0.2) is 26.7 Å². The lowest BCUT2D eigenvalue weighted by atomic mass is 10.1. The van der Waals surface area contributed by atoms with Gasteiger partial charge in [0.25, 0.3) is 0 Å². The quantitative estimate of drug-likeness (QED) is 0.832. The van der Waals surface area contributed by atoms with Crippen molar-refractivity contribution in [3.05, 3.63) is 59.2 Å². The fourth-order valence-electron chi connectivity index (χ4n) is 2.77. The van der Waals surface area contributed by atoms with Crippen molar-refractivity contribution < 1.29 is 16.8 Å². The molecule has 0 radical (unpaired) electrons. The maximum atomic E-state index is 12.4. The molecule has 0 saturated carbocycles. The Bertz CT molecular complexity index is 966. The van der Waals surface area contributed by atoms with E-state index in [0.717, 1.165) is 24.8 Å². The van der Waals surface area contributed by atoms with Gasteiger partial charge in [0.15, 0.2) is 0 Å². The minimum atomic E-state index is -3.75. The van der Waals surface area contributed by atoms with Gasteiger partial charge in [-0.2, -0.15) is 0 Å². The lowest BCUT2D eigenvalue weighted by molar-refractivity contribution is 0.580. The van der Waals surface area contributed by atoms with Crippen LogP contribution in [0.2, 0.25) is 0 Å². The molecule has 2 aromatic rings. The van der Waals surface area contributed by atoms with Gasteiger partial charge in [-0.15, -0.1) is 0 Å². The van der Waals surface area contributed by atoms with Gasteiger partial charge in [0.05, 0.1) is 9.79 Å². The summed E-state index contributed by atoms with van der Waals surface area (Å²) < 4.78 is 49.8. The molecule has 0 spiro atoms. The standard InChI is InChI=1S/C16H18N2O4S2/c17-23(19,20)15-7-4-12(5-8-15)11-18-24(21,22)16-9-6-13-2-1-3-14(13)10-16/h4-10,18H,1-3,11H2,(H2,17,19,20). The minimum Gasteiger partial charge on any atom is -0.225 e. The summed E-state index contributed by atoms with van der Waals surface area (Å²) in [6.07, 6.45) is 2.97. The second-order valence-electron chi connectivity index (χ2n) is 5.80. The molecule has 2 aromatic carbocycles. The second-order valence-corrected chi connectivity index (χ2v) is 9.13. The largest absolute Gasteiger partial charge is 0.240 e. The van der Waals surface area contributed by atoms with Gasteiger partial charge in [-0.1, -0.05) is 18.2 Å². The number of fused-ring (bicyclic) bond motifs is 1. The highest BCUT2D eigenvalue weighted by Gasteiger charge is 2.18. The summed E-state index contributed by atoms with van der Waals surface area (Å²) in [5, 5.41) is 5.03. The molecule has 0 bridgehead atoms. The first-order valence-corrected chi connectivity index (χ1v) is 10.5. The molecule has 0 unspecified atom stereocenters. The first-order chi connectivity index (χ1) is 11.3. The Morgan fingerprint density at radius 1 is 0.875 bits per heavy atom. The topological polar surface area (TPSA) is 106 Å². The third-order valence-electron chi connectivity index (χ3n) is 4.10. The van der Waals surface area contributed by atoms with Gasteiger partial charge in [-0.05, 0) is 60.2 Å². The van der Waals surface area contributed by atoms with Crippen molar-refractivity contribution in [2.24, 2.45) is 5.14 Å². The molecule has 0 fully saturated rings. The number of primary sulfonamides is 1. The summed E-state index contributed by atoms with van der Waals surface area (Å²) >= 11 is 0. The molecule has 8 heteroatoms. The lowest BCUT2D eigenvalue weighted by Gasteiger charge is -2.09. The highest BCUT2D eigenvalue weighted by atomic mass is 32.2.